The number of rotatable bonds is 1. The average Bonchev–Trinajstić information content (AvgIpc) is 2.90. The maximum atomic E-state index is 11.8. The normalized spacial score (nSPS) is 45.0. The van der Waals surface area contributed by atoms with Crippen molar-refractivity contribution in [3.05, 3.63) is 23.3 Å². The highest BCUT2D eigenvalue weighted by molar-refractivity contribution is 5.94. The number of carbonyl (C=O) groups is 1. The minimum absolute atomic E-state index is 0.0992. The molecule has 21 heavy (non-hydrogen) atoms. The molecule has 0 amide bonds. The zero-order valence-electron chi connectivity index (χ0n) is 12.9. The number of hydrogen-bond acceptors (Lipinski definition) is 2. The van der Waals surface area contributed by atoms with Gasteiger partial charge in [0.25, 0.3) is 0 Å². The highest BCUT2D eigenvalue weighted by Crippen LogP contribution is 2.56. The molecule has 4 aliphatic carbocycles. The molecule has 114 valence electrons. The summed E-state index contributed by atoms with van der Waals surface area (Å²) < 4.78 is 0. The highest BCUT2D eigenvalue weighted by atomic mass is 16.3. The van der Waals surface area contributed by atoms with Gasteiger partial charge in [0, 0.05) is 0 Å². The van der Waals surface area contributed by atoms with Gasteiger partial charge in [0.15, 0.2) is 5.78 Å². The first-order valence-corrected chi connectivity index (χ1v) is 8.73. The summed E-state index contributed by atoms with van der Waals surface area (Å²) in [6.45, 7) is 1.74. The van der Waals surface area contributed by atoms with Crippen LogP contribution in [0.15, 0.2) is 23.3 Å². The Balaban J connectivity index is 1.57. The predicted molar refractivity (Wildman–Crippen MR) is 82.6 cm³/mol. The Morgan fingerprint density at radius 3 is 2.57 bits per heavy atom. The fourth-order valence-electron chi connectivity index (χ4n) is 5.90. The standard InChI is InChI=1S/C19H26O2/c1-11(20)14-6-7-19-16(14)8-9-17-15-5-3-13(21)10-12(15)2-4-18(17)19/h2,6,13,15-19,21H,3-5,7-10H2,1H3/t13-,15+,16+,17-,18-,19-/m0/s1. The van der Waals surface area contributed by atoms with Crippen molar-refractivity contribution in [2.24, 2.45) is 29.6 Å². The highest BCUT2D eigenvalue weighted by Gasteiger charge is 2.48. The van der Waals surface area contributed by atoms with Crippen LogP contribution in [-0.4, -0.2) is 17.0 Å². The molecule has 2 fully saturated rings. The lowest BCUT2D eigenvalue weighted by molar-refractivity contribution is -0.114. The average molecular weight is 286 g/mol. The van der Waals surface area contributed by atoms with Crippen molar-refractivity contribution in [2.75, 3.05) is 0 Å². The Labute approximate surface area is 127 Å². The van der Waals surface area contributed by atoms with Crippen molar-refractivity contribution < 1.29 is 9.90 Å². The van der Waals surface area contributed by atoms with Crippen LogP contribution in [-0.2, 0) is 4.79 Å². The molecule has 0 radical (unpaired) electrons. The van der Waals surface area contributed by atoms with Gasteiger partial charge in [0.05, 0.1) is 6.10 Å². The molecular formula is C19H26O2. The van der Waals surface area contributed by atoms with Crippen molar-refractivity contribution in [2.45, 2.75) is 58.0 Å². The maximum Gasteiger partial charge on any atom is 0.155 e. The molecule has 4 aliphatic rings. The molecule has 2 heteroatoms. The van der Waals surface area contributed by atoms with Crippen molar-refractivity contribution >= 4 is 5.78 Å². The first kappa shape index (κ1) is 13.8. The lowest BCUT2D eigenvalue weighted by atomic mass is 9.56. The van der Waals surface area contributed by atoms with E-state index in [9.17, 15) is 9.90 Å². The number of ketones is 1. The van der Waals surface area contributed by atoms with E-state index in [4.69, 9.17) is 0 Å². The molecule has 0 unspecified atom stereocenters. The van der Waals surface area contributed by atoms with Crippen LogP contribution in [0.4, 0.5) is 0 Å². The van der Waals surface area contributed by atoms with E-state index >= 15 is 0 Å². The SMILES string of the molecule is CC(=O)C1=CC[C@@H]2[C@H]3CC=C4C[C@@H](O)CC[C@H]4[C@@H]3CC[C@H]12. The zero-order valence-corrected chi connectivity index (χ0v) is 12.9. The molecular weight excluding hydrogens is 260 g/mol. The second-order valence-corrected chi connectivity index (χ2v) is 7.68. The summed E-state index contributed by atoms with van der Waals surface area (Å²) in [6, 6.07) is 0. The number of aliphatic hydroxyl groups excluding tert-OH is 1. The van der Waals surface area contributed by atoms with Crippen LogP contribution in [0.25, 0.3) is 0 Å². The van der Waals surface area contributed by atoms with Crippen LogP contribution in [0, 0.1) is 29.6 Å². The quantitative estimate of drug-likeness (QED) is 0.747. The topological polar surface area (TPSA) is 37.3 Å². The fourth-order valence-corrected chi connectivity index (χ4v) is 5.90. The predicted octanol–water partition coefficient (Wildman–Crippen LogP) is 3.66. The molecule has 0 saturated heterocycles. The Kier molecular flexibility index (Phi) is 3.33. The molecule has 0 aliphatic heterocycles. The second kappa shape index (κ2) is 5.08. The van der Waals surface area contributed by atoms with Gasteiger partial charge in [-0.15, -0.1) is 0 Å². The third-order valence-electron chi connectivity index (χ3n) is 6.77. The van der Waals surface area contributed by atoms with Crippen LogP contribution in [0.1, 0.15) is 51.9 Å². The first-order valence-electron chi connectivity index (χ1n) is 8.73. The smallest absolute Gasteiger partial charge is 0.155 e. The minimum atomic E-state index is -0.0992. The molecule has 6 atom stereocenters. The molecule has 1 N–H and O–H groups in total. The molecule has 0 heterocycles. The zero-order chi connectivity index (χ0) is 14.6. The van der Waals surface area contributed by atoms with Gasteiger partial charge in [-0.05, 0) is 87.0 Å². The van der Waals surface area contributed by atoms with E-state index in [1.54, 1.807) is 12.5 Å². The summed E-state index contributed by atoms with van der Waals surface area (Å²) in [7, 11) is 0. The Bertz CT molecular complexity index is 516. The van der Waals surface area contributed by atoms with Gasteiger partial charge in [-0.3, -0.25) is 4.79 Å². The summed E-state index contributed by atoms with van der Waals surface area (Å²) in [5.41, 5.74) is 2.68. The number of hydrogen-bond donors (Lipinski definition) is 1. The van der Waals surface area contributed by atoms with E-state index in [0.717, 1.165) is 42.6 Å². The molecule has 0 aromatic heterocycles. The van der Waals surface area contributed by atoms with Gasteiger partial charge in [-0.1, -0.05) is 17.7 Å². The summed E-state index contributed by atoms with van der Waals surface area (Å²) in [6.07, 6.45) is 12.5. The maximum absolute atomic E-state index is 11.8. The molecule has 0 spiro atoms. The largest absolute Gasteiger partial charge is 0.393 e. The molecule has 0 aromatic rings. The van der Waals surface area contributed by atoms with Crippen LogP contribution in [0.5, 0.6) is 0 Å². The van der Waals surface area contributed by atoms with E-state index in [1.807, 2.05) is 0 Å². The number of aliphatic hydroxyl groups is 1. The molecule has 2 saturated carbocycles. The third-order valence-corrected chi connectivity index (χ3v) is 6.77. The van der Waals surface area contributed by atoms with Crippen molar-refractivity contribution in [3.63, 3.8) is 0 Å². The lowest BCUT2D eigenvalue weighted by Crippen LogP contribution is -2.41. The first-order chi connectivity index (χ1) is 10.1. The molecule has 4 rings (SSSR count). The van der Waals surface area contributed by atoms with Crippen molar-refractivity contribution in [3.8, 4) is 0 Å². The van der Waals surface area contributed by atoms with Crippen LogP contribution in [0.2, 0.25) is 0 Å². The number of fused-ring (bicyclic) bond motifs is 5. The second-order valence-electron chi connectivity index (χ2n) is 7.68. The fraction of sp³-hybridized carbons (Fsp3) is 0.737. The number of carbonyl (C=O) groups excluding carboxylic acids is 1. The van der Waals surface area contributed by atoms with E-state index in [0.29, 0.717) is 17.6 Å². The van der Waals surface area contributed by atoms with E-state index < -0.39 is 0 Å². The van der Waals surface area contributed by atoms with E-state index in [1.165, 1.54) is 25.7 Å². The van der Waals surface area contributed by atoms with Crippen LogP contribution >= 0.6 is 0 Å². The van der Waals surface area contributed by atoms with Gasteiger partial charge in [0.1, 0.15) is 0 Å². The summed E-state index contributed by atoms with van der Waals surface area (Å²) >= 11 is 0. The number of allylic oxidation sites excluding steroid dienone is 3. The van der Waals surface area contributed by atoms with Gasteiger partial charge in [-0.2, -0.15) is 0 Å². The van der Waals surface area contributed by atoms with E-state index in [2.05, 4.69) is 12.2 Å². The van der Waals surface area contributed by atoms with Crippen LogP contribution < -0.4 is 0 Å². The van der Waals surface area contributed by atoms with Gasteiger partial charge in [-0.25, -0.2) is 0 Å². The summed E-state index contributed by atoms with van der Waals surface area (Å²) in [5.74, 6) is 3.89. The number of Topliss-reactive ketones (excluding diaryl/α,β-unsaturated/α-hetero) is 1. The van der Waals surface area contributed by atoms with Gasteiger partial charge < -0.3 is 5.11 Å². The molecule has 0 aromatic carbocycles. The lowest BCUT2D eigenvalue weighted by Gasteiger charge is -2.49. The Hall–Kier alpha value is -0.890. The van der Waals surface area contributed by atoms with Crippen LogP contribution in [0.3, 0.4) is 0 Å². The Morgan fingerprint density at radius 1 is 1.00 bits per heavy atom. The van der Waals surface area contributed by atoms with E-state index in [-0.39, 0.29) is 6.10 Å². The van der Waals surface area contributed by atoms with Crippen molar-refractivity contribution in [1.82, 2.24) is 0 Å². The summed E-state index contributed by atoms with van der Waals surface area (Å²) in [4.78, 5) is 11.8. The van der Waals surface area contributed by atoms with Gasteiger partial charge in [0.2, 0.25) is 0 Å². The summed E-state index contributed by atoms with van der Waals surface area (Å²) in [5, 5.41) is 9.90. The molecule has 0 bridgehead atoms. The van der Waals surface area contributed by atoms with Crippen molar-refractivity contribution in [1.29, 1.82) is 0 Å². The third kappa shape index (κ3) is 2.14. The monoisotopic (exact) mass is 286 g/mol. The Morgan fingerprint density at radius 2 is 1.76 bits per heavy atom. The molecule has 2 nitrogen and oxygen atoms in total. The minimum Gasteiger partial charge on any atom is -0.393 e. The van der Waals surface area contributed by atoms with Gasteiger partial charge >= 0.3 is 0 Å².